The Morgan fingerprint density at radius 3 is 2.14 bits per heavy atom. The minimum Gasteiger partial charge on any atom is -0.480 e. The molecule has 2 unspecified atom stereocenters. The summed E-state index contributed by atoms with van der Waals surface area (Å²) < 4.78 is 0. The molecule has 0 heterocycles. The summed E-state index contributed by atoms with van der Waals surface area (Å²) in [6.07, 6.45) is 0.854. The largest absolute Gasteiger partial charge is 0.480 e. The molecule has 21 heavy (non-hydrogen) atoms. The van der Waals surface area contributed by atoms with Crippen LogP contribution in [0.3, 0.4) is 0 Å². The van der Waals surface area contributed by atoms with Gasteiger partial charge in [-0.05, 0) is 17.4 Å². The Labute approximate surface area is 126 Å². The van der Waals surface area contributed by atoms with Gasteiger partial charge in [0.05, 0.1) is 5.92 Å². The topological polar surface area (TPSA) is 66.4 Å². The summed E-state index contributed by atoms with van der Waals surface area (Å²) in [4.78, 5) is 23.8. The van der Waals surface area contributed by atoms with E-state index in [9.17, 15) is 14.7 Å². The Balaban J connectivity index is 2.99. The van der Waals surface area contributed by atoms with Gasteiger partial charge in [0.15, 0.2) is 0 Å². The van der Waals surface area contributed by atoms with Crippen molar-refractivity contribution in [2.45, 2.75) is 46.1 Å². The molecule has 0 fully saturated rings. The molecular formula is C17H25NO3. The third-order valence-electron chi connectivity index (χ3n) is 3.88. The van der Waals surface area contributed by atoms with Crippen molar-refractivity contribution in [3.8, 4) is 0 Å². The van der Waals surface area contributed by atoms with E-state index in [1.54, 1.807) is 13.8 Å². The lowest BCUT2D eigenvalue weighted by molar-refractivity contribution is -0.143. The van der Waals surface area contributed by atoms with E-state index in [2.05, 4.69) is 5.32 Å². The molecule has 0 aliphatic rings. The van der Waals surface area contributed by atoms with Gasteiger partial charge in [0, 0.05) is 0 Å². The maximum absolute atomic E-state index is 12.6. The zero-order valence-corrected chi connectivity index (χ0v) is 13.2. The molecule has 0 saturated carbocycles. The van der Waals surface area contributed by atoms with Crippen molar-refractivity contribution in [1.82, 2.24) is 5.32 Å². The number of aliphatic carboxylic acids is 1. The minimum atomic E-state index is -0.991. The summed E-state index contributed by atoms with van der Waals surface area (Å²) in [7, 11) is 0. The standard InChI is InChI=1S/C17H25NO3/c1-5-12(4)14(13-9-7-6-8-10-13)16(19)18-15(11(2)3)17(20)21/h6-12,14-15H,5H2,1-4H3,(H,18,19)(H,20,21)/t12?,14?,15-/m0/s1. The lowest BCUT2D eigenvalue weighted by Gasteiger charge is -2.26. The van der Waals surface area contributed by atoms with Crippen molar-refractivity contribution in [2.24, 2.45) is 11.8 Å². The summed E-state index contributed by atoms with van der Waals surface area (Å²) in [6.45, 7) is 7.63. The number of nitrogens with one attached hydrogen (secondary N) is 1. The SMILES string of the molecule is CCC(C)C(C(=O)N[C@H](C(=O)O)C(C)C)c1ccccc1. The molecule has 0 saturated heterocycles. The van der Waals surface area contributed by atoms with Gasteiger partial charge in [-0.1, -0.05) is 64.4 Å². The van der Waals surface area contributed by atoms with E-state index in [4.69, 9.17) is 0 Å². The molecule has 0 aliphatic carbocycles. The molecule has 3 atom stereocenters. The molecule has 0 radical (unpaired) electrons. The fourth-order valence-electron chi connectivity index (χ4n) is 2.39. The summed E-state index contributed by atoms with van der Waals surface area (Å²) >= 11 is 0. The van der Waals surface area contributed by atoms with E-state index in [-0.39, 0.29) is 23.7 Å². The molecule has 4 nitrogen and oxygen atoms in total. The van der Waals surface area contributed by atoms with Crippen LogP contribution in [0.5, 0.6) is 0 Å². The average molecular weight is 291 g/mol. The Hall–Kier alpha value is -1.84. The molecule has 116 valence electrons. The number of benzene rings is 1. The van der Waals surface area contributed by atoms with Gasteiger partial charge in [-0.25, -0.2) is 4.79 Å². The Morgan fingerprint density at radius 2 is 1.71 bits per heavy atom. The third-order valence-corrected chi connectivity index (χ3v) is 3.88. The smallest absolute Gasteiger partial charge is 0.326 e. The molecule has 1 aromatic rings. The quantitative estimate of drug-likeness (QED) is 0.811. The number of hydrogen-bond donors (Lipinski definition) is 2. The predicted molar refractivity (Wildman–Crippen MR) is 83.0 cm³/mol. The molecule has 0 bridgehead atoms. The van der Waals surface area contributed by atoms with Crippen LogP contribution in [0.2, 0.25) is 0 Å². The van der Waals surface area contributed by atoms with Gasteiger partial charge < -0.3 is 10.4 Å². The molecular weight excluding hydrogens is 266 g/mol. The van der Waals surface area contributed by atoms with Crippen molar-refractivity contribution >= 4 is 11.9 Å². The van der Waals surface area contributed by atoms with E-state index in [0.717, 1.165) is 12.0 Å². The van der Waals surface area contributed by atoms with E-state index in [0.29, 0.717) is 0 Å². The second-order valence-electron chi connectivity index (χ2n) is 5.84. The maximum Gasteiger partial charge on any atom is 0.326 e. The highest BCUT2D eigenvalue weighted by atomic mass is 16.4. The van der Waals surface area contributed by atoms with Crippen molar-refractivity contribution in [3.63, 3.8) is 0 Å². The lowest BCUT2D eigenvalue weighted by atomic mass is 9.84. The summed E-state index contributed by atoms with van der Waals surface area (Å²) in [5.41, 5.74) is 0.928. The minimum absolute atomic E-state index is 0.147. The number of carbonyl (C=O) groups is 2. The zero-order valence-electron chi connectivity index (χ0n) is 13.2. The molecule has 1 aromatic carbocycles. The monoisotopic (exact) mass is 291 g/mol. The number of carboxylic acids is 1. The average Bonchev–Trinajstić information content (AvgIpc) is 2.45. The van der Waals surface area contributed by atoms with Crippen LogP contribution in [-0.4, -0.2) is 23.0 Å². The van der Waals surface area contributed by atoms with Crippen LogP contribution in [0.15, 0.2) is 30.3 Å². The Kier molecular flexibility index (Phi) is 6.40. The highest BCUT2D eigenvalue weighted by molar-refractivity contribution is 5.88. The summed E-state index contributed by atoms with van der Waals surface area (Å²) in [6, 6.07) is 8.68. The second kappa shape index (κ2) is 7.81. The van der Waals surface area contributed by atoms with Crippen LogP contribution in [-0.2, 0) is 9.59 Å². The van der Waals surface area contributed by atoms with Crippen LogP contribution < -0.4 is 5.32 Å². The molecule has 4 heteroatoms. The first kappa shape index (κ1) is 17.2. The maximum atomic E-state index is 12.6. The number of amides is 1. The zero-order chi connectivity index (χ0) is 16.0. The first-order chi connectivity index (χ1) is 9.88. The Morgan fingerprint density at radius 1 is 1.14 bits per heavy atom. The third kappa shape index (κ3) is 4.59. The molecule has 0 aliphatic heterocycles. The van der Waals surface area contributed by atoms with Crippen LogP contribution in [0.4, 0.5) is 0 Å². The van der Waals surface area contributed by atoms with Gasteiger partial charge in [-0.2, -0.15) is 0 Å². The molecule has 2 N–H and O–H groups in total. The van der Waals surface area contributed by atoms with Crippen molar-refractivity contribution < 1.29 is 14.7 Å². The van der Waals surface area contributed by atoms with Crippen LogP contribution in [0, 0.1) is 11.8 Å². The summed E-state index contributed by atoms with van der Waals surface area (Å²) in [5.74, 6) is -1.53. The van der Waals surface area contributed by atoms with Crippen LogP contribution in [0.1, 0.15) is 45.6 Å². The van der Waals surface area contributed by atoms with Gasteiger partial charge >= 0.3 is 5.97 Å². The van der Waals surface area contributed by atoms with Crippen molar-refractivity contribution in [3.05, 3.63) is 35.9 Å². The molecule has 1 amide bonds. The van der Waals surface area contributed by atoms with E-state index >= 15 is 0 Å². The number of hydrogen-bond acceptors (Lipinski definition) is 2. The molecule has 1 rings (SSSR count). The normalized spacial score (nSPS) is 15.3. The Bertz CT molecular complexity index is 470. The van der Waals surface area contributed by atoms with Crippen molar-refractivity contribution in [1.29, 1.82) is 0 Å². The van der Waals surface area contributed by atoms with Gasteiger partial charge in [-0.15, -0.1) is 0 Å². The number of carboxylic acid groups (broad SMARTS) is 1. The number of carbonyl (C=O) groups excluding carboxylic acids is 1. The molecule has 0 aromatic heterocycles. The first-order valence-corrected chi connectivity index (χ1v) is 7.46. The number of rotatable bonds is 7. The van der Waals surface area contributed by atoms with E-state index in [1.807, 2.05) is 44.2 Å². The summed E-state index contributed by atoms with van der Waals surface area (Å²) in [5, 5.41) is 11.9. The van der Waals surface area contributed by atoms with Crippen LogP contribution >= 0.6 is 0 Å². The molecule has 0 spiro atoms. The van der Waals surface area contributed by atoms with Gasteiger partial charge in [0.2, 0.25) is 5.91 Å². The van der Waals surface area contributed by atoms with Gasteiger partial charge in [0.25, 0.3) is 0 Å². The highest BCUT2D eigenvalue weighted by Gasteiger charge is 2.30. The lowest BCUT2D eigenvalue weighted by Crippen LogP contribution is -2.47. The van der Waals surface area contributed by atoms with Crippen molar-refractivity contribution in [2.75, 3.05) is 0 Å². The first-order valence-electron chi connectivity index (χ1n) is 7.46. The van der Waals surface area contributed by atoms with Gasteiger partial charge in [0.1, 0.15) is 6.04 Å². The second-order valence-corrected chi connectivity index (χ2v) is 5.84. The van der Waals surface area contributed by atoms with E-state index in [1.165, 1.54) is 0 Å². The fraction of sp³-hybridized carbons (Fsp3) is 0.529. The van der Waals surface area contributed by atoms with Crippen LogP contribution in [0.25, 0.3) is 0 Å². The fourth-order valence-corrected chi connectivity index (χ4v) is 2.39. The van der Waals surface area contributed by atoms with E-state index < -0.39 is 12.0 Å². The van der Waals surface area contributed by atoms with Gasteiger partial charge in [-0.3, -0.25) is 4.79 Å². The predicted octanol–water partition coefficient (Wildman–Crippen LogP) is 3.04. The highest BCUT2D eigenvalue weighted by Crippen LogP contribution is 2.27.